The van der Waals surface area contributed by atoms with Gasteiger partial charge in [-0.3, -0.25) is 9.59 Å². The van der Waals surface area contributed by atoms with E-state index < -0.39 is 0 Å². The molecule has 5 nitrogen and oxygen atoms in total. The van der Waals surface area contributed by atoms with Crippen LogP contribution in [0.3, 0.4) is 0 Å². The molecular formula is C12H9N3O2S. The third kappa shape index (κ3) is 1.76. The molecule has 0 saturated carbocycles. The van der Waals surface area contributed by atoms with Crippen molar-refractivity contribution in [2.75, 3.05) is 0 Å². The normalized spacial score (nSPS) is 10.9. The molecule has 1 aromatic carbocycles. The maximum Gasteiger partial charge on any atom is 0.305 e. The zero-order valence-corrected chi connectivity index (χ0v) is 10.3. The monoisotopic (exact) mass is 259 g/mol. The number of aromatic amines is 2. The number of hydrogen-bond acceptors (Lipinski definition) is 4. The van der Waals surface area contributed by atoms with E-state index in [2.05, 4.69) is 15.2 Å². The average Bonchev–Trinajstić information content (AvgIpc) is 2.71. The molecule has 3 aromatic rings. The van der Waals surface area contributed by atoms with Gasteiger partial charge in [-0.05, 0) is 30.7 Å². The molecule has 0 aliphatic heterocycles. The summed E-state index contributed by atoms with van der Waals surface area (Å²) >= 11 is 1.17. The summed E-state index contributed by atoms with van der Waals surface area (Å²) < 4.78 is 0.892. The molecule has 0 bridgehead atoms. The number of fused-ring (bicyclic) bond motifs is 1. The standard InChI is InChI=1S/C12H9N3O2S/c1-6-4-7(8-2-3-10(16)15-14-8)5-9-11(6)13-12(17)18-9/h2-5H,1H3,(H,13,17)(H,15,16). The summed E-state index contributed by atoms with van der Waals surface area (Å²) in [6.07, 6.45) is 0. The Hall–Kier alpha value is -2.21. The number of aryl methyl sites for hydroxylation is 1. The molecule has 0 atom stereocenters. The highest BCUT2D eigenvalue weighted by molar-refractivity contribution is 7.16. The van der Waals surface area contributed by atoms with Crippen LogP contribution in [-0.4, -0.2) is 15.2 Å². The van der Waals surface area contributed by atoms with Gasteiger partial charge in [-0.15, -0.1) is 0 Å². The van der Waals surface area contributed by atoms with Gasteiger partial charge in [0.2, 0.25) is 0 Å². The molecule has 0 spiro atoms. The van der Waals surface area contributed by atoms with Crippen LogP contribution in [0, 0.1) is 6.92 Å². The lowest BCUT2D eigenvalue weighted by atomic mass is 10.1. The number of thiazole rings is 1. The molecule has 0 saturated heterocycles. The first-order valence-corrected chi connectivity index (χ1v) is 6.15. The van der Waals surface area contributed by atoms with E-state index in [4.69, 9.17) is 0 Å². The van der Waals surface area contributed by atoms with Gasteiger partial charge >= 0.3 is 4.87 Å². The van der Waals surface area contributed by atoms with Crippen molar-refractivity contribution in [3.8, 4) is 11.3 Å². The Labute approximate surface area is 105 Å². The fourth-order valence-corrected chi connectivity index (χ4v) is 2.73. The van der Waals surface area contributed by atoms with Crippen molar-refractivity contribution in [3.63, 3.8) is 0 Å². The molecule has 0 radical (unpaired) electrons. The third-order valence-corrected chi connectivity index (χ3v) is 3.53. The van der Waals surface area contributed by atoms with Crippen molar-refractivity contribution in [3.05, 3.63) is 49.9 Å². The van der Waals surface area contributed by atoms with Gasteiger partial charge in [0.1, 0.15) is 0 Å². The molecule has 3 rings (SSSR count). The van der Waals surface area contributed by atoms with Crippen LogP contribution in [0.15, 0.2) is 33.9 Å². The lowest BCUT2D eigenvalue weighted by Gasteiger charge is -2.02. The second-order valence-corrected chi connectivity index (χ2v) is 5.00. The lowest BCUT2D eigenvalue weighted by Crippen LogP contribution is -2.05. The van der Waals surface area contributed by atoms with Crippen LogP contribution in [0.1, 0.15) is 5.56 Å². The number of aromatic nitrogens is 3. The smallest absolute Gasteiger partial charge is 0.305 e. The highest BCUT2D eigenvalue weighted by Crippen LogP contribution is 2.25. The van der Waals surface area contributed by atoms with Gasteiger partial charge in [0.15, 0.2) is 0 Å². The van der Waals surface area contributed by atoms with Crippen molar-refractivity contribution in [2.45, 2.75) is 6.92 Å². The number of benzene rings is 1. The minimum absolute atomic E-state index is 0.0697. The second kappa shape index (κ2) is 3.92. The van der Waals surface area contributed by atoms with Crippen molar-refractivity contribution < 1.29 is 0 Å². The van der Waals surface area contributed by atoms with E-state index in [0.717, 1.165) is 21.3 Å². The Morgan fingerprint density at radius 2 is 2.06 bits per heavy atom. The number of H-pyrrole nitrogens is 2. The molecule has 90 valence electrons. The summed E-state index contributed by atoms with van der Waals surface area (Å²) in [5.41, 5.74) is 3.17. The van der Waals surface area contributed by atoms with Crippen LogP contribution in [-0.2, 0) is 0 Å². The Kier molecular flexibility index (Phi) is 2.38. The second-order valence-electron chi connectivity index (χ2n) is 3.99. The van der Waals surface area contributed by atoms with E-state index in [1.165, 1.54) is 17.4 Å². The highest BCUT2D eigenvalue weighted by Gasteiger charge is 2.07. The molecule has 0 amide bonds. The van der Waals surface area contributed by atoms with E-state index in [0.29, 0.717) is 5.69 Å². The number of nitrogens with one attached hydrogen (secondary N) is 2. The van der Waals surface area contributed by atoms with Crippen molar-refractivity contribution in [1.82, 2.24) is 15.2 Å². The third-order valence-electron chi connectivity index (χ3n) is 2.70. The maximum absolute atomic E-state index is 11.3. The topological polar surface area (TPSA) is 78.6 Å². The number of hydrogen-bond donors (Lipinski definition) is 2. The van der Waals surface area contributed by atoms with Gasteiger partial charge in [0, 0.05) is 11.6 Å². The molecule has 0 aliphatic rings. The summed E-state index contributed by atoms with van der Waals surface area (Å²) in [6, 6.07) is 6.92. The SMILES string of the molecule is Cc1cc(-c2ccc(=O)[nH]n2)cc2sc(=O)[nH]c12. The van der Waals surface area contributed by atoms with Crippen LogP contribution in [0.4, 0.5) is 0 Å². The number of nitrogens with zero attached hydrogens (tertiary/aromatic N) is 1. The zero-order chi connectivity index (χ0) is 12.7. The Bertz CT molecular complexity index is 824. The molecule has 2 N–H and O–H groups in total. The van der Waals surface area contributed by atoms with Crippen LogP contribution in [0.25, 0.3) is 21.5 Å². The van der Waals surface area contributed by atoms with Gasteiger partial charge in [-0.25, -0.2) is 5.10 Å². The first-order valence-electron chi connectivity index (χ1n) is 5.33. The lowest BCUT2D eigenvalue weighted by molar-refractivity contribution is 0.995. The summed E-state index contributed by atoms with van der Waals surface area (Å²) in [7, 11) is 0. The van der Waals surface area contributed by atoms with Crippen LogP contribution in [0.2, 0.25) is 0 Å². The Balaban J connectivity index is 2.26. The summed E-state index contributed by atoms with van der Waals surface area (Å²) in [5.74, 6) is 0. The summed E-state index contributed by atoms with van der Waals surface area (Å²) in [6.45, 7) is 1.93. The number of rotatable bonds is 1. The van der Waals surface area contributed by atoms with Gasteiger partial charge in [-0.1, -0.05) is 11.3 Å². The summed E-state index contributed by atoms with van der Waals surface area (Å²) in [5, 5.41) is 6.38. The first kappa shape index (κ1) is 10.9. The first-order chi connectivity index (χ1) is 8.63. The minimum Gasteiger partial charge on any atom is -0.312 e. The fourth-order valence-electron chi connectivity index (χ4n) is 1.88. The van der Waals surface area contributed by atoms with E-state index in [1.54, 1.807) is 6.07 Å². The van der Waals surface area contributed by atoms with E-state index in [1.807, 2.05) is 19.1 Å². The van der Waals surface area contributed by atoms with Crippen LogP contribution < -0.4 is 10.4 Å². The molecular weight excluding hydrogens is 250 g/mol. The molecule has 0 aliphatic carbocycles. The van der Waals surface area contributed by atoms with Crippen molar-refractivity contribution >= 4 is 21.6 Å². The molecule has 0 unspecified atom stereocenters. The predicted molar refractivity (Wildman–Crippen MR) is 71.0 cm³/mol. The zero-order valence-electron chi connectivity index (χ0n) is 9.48. The van der Waals surface area contributed by atoms with Gasteiger partial charge < -0.3 is 4.98 Å². The molecule has 18 heavy (non-hydrogen) atoms. The molecule has 0 fully saturated rings. The molecule has 2 heterocycles. The van der Waals surface area contributed by atoms with Crippen LogP contribution >= 0.6 is 11.3 Å². The average molecular weight is 259 g/mol. The van der Waals surface area contributed by atoms with Gasteiger partial charge in [0.25, 0.3) is 5.56 Å². The van der Waals surface area contributed by atoms with E-state index >= 15 is 0 Å². The molecule has 2 aromatic heterocycles. The van der Waals surface area contributed by atoms with Gasteiger partial charge in [-0.2, -0.15) is 5.10 Å². The molecule has 6 heteroatoms. The fraction of sp³-hybridized carbons (Fsp3) is 0.0833. The Morgan fingerprint density at radius 1 is 1.22 bits per heavy atom. The Morgan fingerprint density at radius 3 is 2.78 bits per heavy atom. The summed E-state index contributed by atoms with van der Waals surface area (Å²) in [4.78, 5) is 25.0. The van der Waals surface area contributed by atoms with Gasteiger partial charge in [0.05, 0.1) is 15.9 Å². The van der Waals surface area contributed by atoms with Crippen LogP contribution in [0.5, 0.6) is 0 Å². The predicted octanol–water partition coefficient (Wildman–Crippen LogP) is 1.65. The minimum atomic E-state index is -0.233. The quantitative estimate of drug-likeness (QED) is 0.697. The van der Waals surface area contributed by atoms with Crippen molar-refractivity contribution in [1.29, 1.82) is 0 Å². The van der Waals surface area contributed by atoms with E-state index in [-0.39, 0.29) is 10.4 Å². The van der Waals surface area contributed by atoms with E-state index in [9.17, 15) is 9.59 Å². The highest BCUT2D eigenvalue weighted by atomic mass is 32.1. The largest absolute Gasteiger partial charge is 0.312 e. The van der Waals surface area contributed by atoms with Crippen molar-refractivity contribution in [2.24, 2.45) is 0 Å². The maximum atomic E-state index is 11.3.